The van der Waals surface area contributed by atoms with Crippen molar-refractivity contribution in [1.29, 1.82) is 0 Å². The SMILES string of the molecule is COc1ccc(N(C)CCCN=[N+]=[N-])cc1. The van der Waals surface area contributed by atoms with Gasteiger partial charge in [0.05, 0.1) is 7.11 Å². The molecule has 86 valence electrons. The topological polar surface area (TPSA) is 61.2 Å². The van der Waals surface area contributed by atoms with Gasteiger partial charge in [-0.1, -0.05) is 5.11 Å². The normalized spacial score (nSPS) is 9.38. The van der Waals surface area contributed by atoms with Gasteiger partial charge in [-0.15, -0.1) is 0 Å². The van der Waals surface area contributed by atoms with E-state index in [2.05, 4.69) is 14.9 Å². The van der Waals surface area contributed by atoms with Gasteiger partial charge < -0.3 is 9.64 Å². The van der Waals surface area contributed by atoms with Crippen LogP contribution in [0.4, 0.5) is 5.69 Å². The maximum absolute atomic E-state index is 8.14. The smallest absolute Gasteiger partial charge is 0.119 e. The predicted octanol–water partition coefficient (Wildman–Crippen LogP) is 2.83. The largest absolute Gasteiger partial charge is 0.497 e. The van der Waals surface area contributed by atoms with Gasteiger partial charge in [0.1, 0.15) is 5.75 Å². The van der Waals surface area contributed by atoms with Gasteiger partial charge >= 0.3 is 0 Å². The zero-order valence-electron chi connectivity index (χ0n) is 9.63. The van der Waals surface area contributed by atoms with Crippen molar-refractivity contribution in [1.82, 2.24) is 0 Å². The van der Waals surface area contributed by atoms with Crippen molar-refractivity contribution in [2.45, 2.75) is 6.42 Å². The van der Waals surface area contributed by atoms with E-state index in [1.165, 1.54) is 0 Å². The summed E-state index contributed by atoms with van der Waals surface area (Å²) in [5.41, 5.74) is 9.26. The Hall–Kier alpha value is -1.87. The summed E-state index contributed by atoms with van der Waals surface area (Å²) in [6, 6.07) is 7.87. The van der Waals surface area contributed by atoms with Crippen LogP contribution in [0.15, 0.2) is 29.4 Å². The molecule has 0 aliphatic carbocycles. The number of rotatable bonds is 6. The fourth-order valence-corrected chi connectivity index (χ4v) is 1.39. The number of nitrogens with zero attached hydrogens (tertiary/aromatic N) is 4. The van der Waals surface area contributed by atoms with E-state index in [0.29, 0.717) is 6.54 Å². The molecule has 0 saturated carbocycles. The van der Waals surface area contributed by atoms with Gasteiger partial charge in [0.2, 0.25) is 0 Å². The Balaban J connectivity index is 2.45. The van der Waals surface area contributed by atoms with Crippen LogP contribution < -0.4 is 9.64 Å². The van der Waals surface area contributed by atoms with Gasteiger partial charge in [-0.25, -0.2) is 0 Å². The molecule has 0 heterocycles. The van der Waals surface area contributed by atoms with Crippen molar-refractivity contribution in [2.24, 2.45) is 5.11 Å². The molecule has 0 saturated heterocycles. The molecule has 1 aromatic carbocycles. The van der Waals surface area contributed by atoms with Crippen LogP contribution in [0, 0.1) is 0 Å². The van der Waals surface area contributed by atoms with Gasteiger partial charge in [0.25, 0.3) is 0 Å². The Bertz CT molecular complexity index is 357. The van der Waals surface area contributed by atoms with Crippen LogP contribution >= 0.6 is 0 Å². The van der Waals surface area contributed by atoms with E-state index >= 15 is 0 Å². The fourth-order valence-electron chi connectivity index (χ4n) is 1.39. The summed E-state index contributed by atoms with van der Waals surface area (Å²) >= 11 is 0. The second kappa shape index (κ2) is 6.58. The molecule has 0 unspecified atom stereocenters. The Labute approximate surface area is 95.3 Å². The molecular weight excluding hydrogens is 204 g/mol. The molecule has 5 nitrogen and oxygen atoms in total. The summed E-state index contributed by atoms with van der Waals surface area (Å²) < 4.78 is 5.09. The molecule has 0 aliphatic heterocycles. The molecule has 1 rings (SSSR count). The highest BCUT2D eigenvalue weighted by molar-refractivity contribution is 5.48. The lowest BCUT2D eigenvalue weighted by molar-refractivity contribution is 0.415. The Morgan fingerprint density at radius 2 is 2.06 bits per heavy atom. The van der Waals surface area contributed by atoms with Gasteiger partial charge in [0, 0.05) is 30.7 Å². The molecule has 0 bridgehead atoms. The number of hydrogen-bond donors (Lipinski definition) is 0. The standard InChI is InChI=1S/C11H16N4O/c1-15(9-3-8-13-14-12)10-4-6-11(16-2)7-5-10/h4-7H,3,8-9H2,1-2H3. The molecule has 1 aromatic rings. The minimum Gasteiger partial charge on any atom is -0.497 e. The van der Waals surface area contributed by atoms with Gasteiger partial charge in [-0.3, -0.25) is 0 Å². The van der Waals surface area contributed by atoms with Crippen LogP contribution in [0.25, 0.3) is 10.4 Å². The lowest BCUT2D eigenvalue weighted by atomic mass is 10.2. The highest BCUT2D eigenvalue weighted by Crippen LogP contribution is 2.17. The van der Waals surface area contributed by atoms with E-state index < -0.39 is 0 Å². The zero-order chi connectivity index (χ0) is 11.8. The lowest BCUT2D eigenvalue weighted by Crippen LogP contribution is -2.18. The molecule has 0 atom stereocenters. The number of benzene rings is 1. The molecule has 0 fully saturated rings. The third kappa shape index (κ3) is 3.71. The van der Waals surface area contributed by atoms with E-state index in [-0.39, 0.29) is 0 Å². The van der Waals surface area contributed by atoms with E-state index in [0.717, 1.165) is 24.4 Å². The first-order valence-electron chi connectivity index (χ1n) is 5.14. The Kier molecular flexibility index (Phi) is 5.02. The Morgan fingerprint density at radius 3 is 2.62 bits per heavy atom. The number of azide groups is 1. The number of hydrogen-bond acceptors (Lipinski definition) is 3. The second-order valence-electron chi connectivity index (χ2n) is 3.43. The van der Waals surface area contributed by atoms with Crippen molar-refractivity contribution in [3.8, 4) is 5.75 Å². The van der Waals surface area contributed by atoms with Crippen molar-refractivity contribution < 1.29 is 4.74 Å². The molecule has 0 N–H and O–H groups in total. The summed E-state index contributed by atoms with van der Waals surface area (Å²) in [5.74, 6) is 0.853. The second-order valence-corrected chi connectivity index (χ2v) is 3.43. The van der Waals surface area contributed by atoms with Crippen molar-refractivity contribution in [3.05, 3.63) is 34.7 Å². The summed E-state index contributed by atoms with van der Waals surface area (Å²) in [5, 5.41) is 3.50. The quantitative estimate of drug-likeness (QED) is 0.320. The van der Waals surface area contributed by atoms with Crippen molar-refractivity contribution in [3.63, 3.8) is 0 Å². The van der Waals surface area contributed by atoms with Gasteiger partial charge in [-0.05, 0) is 36.2 Å². The third-order valence-corrected chi connectivity index (χ3v) is 2.33. The summed E-state index contributed by atoms with van der Waals surface area (Å²) in [7, 11) is 3.66. The average Bonchev–Trinajstić information content (AvgIpc) is 2.34. The van der Waals surface area contributed by atoms with Crippen LogP contribution in [-0.2, 0) is 0 Å². The molecule has 0 amide bonds. The maximum Gasteiger partial charge on any atom is 0.119 e. The summed E-state index contributed by atoms with van der Waals surface area (Å²) in [6.07, 6.45) is 0.854. The molecule has 16 heavy (non-hydrogen) atoms. The number of methoxy groups -OCH3 is 1. The minimum absolute atomic E-state index is 0.539. The molecule has 0 aromatic heterocycles. The first-order valence-corrected chi connectivity index (χ1v) is 5.14. The van der Waals surface area contributed by atoms with Crippen molar-refractivity contribution in [2.75, 3.05) is 32.1 Å². The van der Waals surface area contributed by atoms with Crippen LogP contribution in [0.3, 0.4) is 0 Å². The highest BCUT2D eigenvalue weighted by Gasteiger charge is 2.00. The first kappa shape index (κ1) is 12.2. The highest BCUT2D eigenvalue weighted by atomic mass is 16.5. The van der Waals surface area contributed by atoms with E-state index in [4.69, 9.17) is 10.3 Å². The lowest BCUT2D eigenvalue weighted by Gasteiger charge is -2.18. The molecule has 5 heteroatoms. The fraction of sp³-hybridized carbons (Fsp3) is 0.455. The van der Waals surface area contributed by atoms with Crippen LogP contribution in [0.5, 0.6) is 5.75 Å². The third-order valence-electron chi connectivity index (χ3n) is 2.33. The van der Waals surface area contributed by atoms with Crippen LogP contribution in [0.1, 0.15) is 6.42 Å². The van der Waals surface area contributed by atoms with E-state index in [1.54, 1.807) is 7.11 Å². The molecule has 0 aliphatic rings. The summed E-state index contributed by atoms with van der Waals surface area (Å²) in [6.45, 7) is 1.41. The van der Waals surface area contributed by atoms with Crippen molar-refractivity contribution >= 4 is 5.69 Å². The molecule has 0 spiro atoms. The molecule has 0 radical (unpaired) electrons. The average molecular weight is 220 g/mol. The van der Waals surface area contributed by atoms with Crippen LogP contribution in [-0.4, -0.2) is 27.2 Å². The van der Waals surface area contributed by atoms with Gasteiger partial charge in [0.15, 0.2) is 0 Å². The summed E-state index contributed by atoms with van der Waals surface area (Å²) in [4.78, 5) is 4.84. The predicted molar refractivity (Wildman–Crippen MR) is 64.9 cm³/mol. The Morgan fingerprint density at radius 1 is 1.38 bits per heavy atom. The number of anilines is 1. The molecular formula is C11H16N4O. The van der Waals surface area contributed by atoms with E-state index in [9.17, 15) is 0 Å². The monoisotopic (exact) mass is 220 g/mol. The van der Waals surface area contributed by atoms with Gasteiger partial charge in [-0.2, -0.15) is 0 Å². The maximum atomic E-state index is 8.14. The zero-order valence-corrected chi connectivity index (χ0v) is 9.63. The van der Waals surface area contributed by atoms with Crippen LogP contribution in [0.2, 0.25) is 0 Å². The van der Waals surface area contributed by atoms with E-state index in [1.807, 2.05) is 31.3 Å². The minimum atomic E-state index is 0.539. The number of ether oxygens (including phenoxy) is 1. The first-order chi connectivity index (χ1) is 7.77.